The summed E-state index contributed by atoms with van der Waals surface area (Å²) in [6.45, 7) is 1.40. The monoisotopic (exact) mass is 386 g/mol. The summed E-state index contributed by atoms with van der Waals surface area (Å²) in [6, 6.07) is 13.1. The van der Waals surface area contributed by atoms with E-state index in [0.29, 0.717) is 25.3 Å². The fourth-order valence-corrected chi connectivity index (χ4v) is 3.46. The van der Waals surface area contributed by atoms with Crippen molar-refractivity contribution in [3.05, 3.63) is 59.9 Å². The van der Waals surface area contributed by atoms with Gasteiger partial charge in [-0.3, -0.25) is 14.5 Å². The molecule has 6 nitrogen and oxygen atoms in total. The molecule has 0 unspecified atom stereocenters. The molecule has 1 heterocycles. The highest BCUT2D eigenvalue weighted by Gasteiger charge is 2.35. The number of piperidine rings is 1. The van der Waals surface area contributed by atoms with E-state index in [1.54, 1.807) is 7.11 Å². The van der Waals surface area contributed by atoms with Crippen molar-refractivity contribution in [2.75, 3.05) is 25.5 Å². The standard InChI is InChI=1S/C21H23FN2O4/c1-28-19-8-2-14(3-9-19)11-24-12-15(10-16(13-24)21(26)27)20(25)23-18-6-4-17(22)5-7-18/h2-9,15-16H,10-13H2,1H3,(H,23,25)(H,26,27)/t15-,16-/m0/s1. The highest BCUT2D eigenvalue weighted by molar-refractivity contribution is 5.93. The van der Waals surface area contributed by atoms with Crippen molar-refractivity contribution in [1.82, 2.24) is 4.90 Å². The average Bonchev–Trinajstić information content (AvgIpc) is 2.70. The number of hydrogen-bond acceptors (Lipinski definition) is 4. The number of amides is 1. The van der Waals surface area contributed by atoms with Gasteiger partial charge in [0.1, 0.15) is 11.6 Å². The topological polar surface area (TPSA) is 78.9 Å². The van der Waals surface area contributed by atoms with Crippen molar-refractivity contribution >= 4 is 17.6 Å². The van der Waals surface area contributed by atoms with Gasteiger partial charge in [-0.2, -0.15) is 0 Å². The van der Waals surface area contributed by atoms with E-state index in [9.17, 15) is 19.1 Å². The molecule has 2 atom stereocenters. The van der Waals surface area contributed by atoms with Crippen molar-refractivity contribution in [2.45, 2.75) is 13.0 Å². The number of benzene rings is 2. The molecule has 2 N–H and O–H groups in total. The molecule has 0 saturated carbocycles. The summed E-state index contributed by atoms with van der Waals surface area (Å²) >= 11 is 0. The number of anilines is 1. The number of carboxylic acids is 1. The van der Waals surface area contributed by atoms with E-state index in [1.807, 2.05) is 29.2 Å². The van der Waals surface area contributed by atoms with Crippen molar-refractivity contribution in [3.63, 3.8) is 0 Å². The molecule has 0 radical (unpaired) electrons. The number of carbonyl (C=O) groups is 2. The minimum absolute atomic E-state index is 0.253. The third kappa shape index (κ3) is 5.07. The van der Waals surface area contributed by atoms with Crippen LogP contribution in [-0.2, 0) is 16.1 Å². The minimum atomic E-state index is -0.904. The molecule has 2 aromatic rings. The highest BCUT2D eigenvalue weighted by Crippen LogP contribution is 2.25. The average molecular weight is 386 g/mol. The summed E-state index contributed by atoms with van der Waals surface area (Å²) in [7, 11) is 1.60. The number of likely N-dealkylation sites (tertiary alicyclic amines) is 1. The molecule has 1 amide bonds. The van der Waals surface area contributed by atoms with Gasteiger partial charge in [0, 0.05) is 25.3 Å². The molecule has 7 heteroatoms. The fourth-order valence-electron chi connectivity index (χ4n) is 3.46. The van der Waals surface area contributed by atoms with Crippen molar-refractivity contribution in [1.29, 1.82) is 0 Å². The number of halogens is 1. The summed E-state index contributed by atoms with van der Waals surface area (Å²) in [5, 5.41) is 12.2. The van der Waals surface area contributed by atoms with E-state index >= 15 is 0 Å². The first kappa shape index (κ1) is 19.8. The summed E-state index contributed by atoms with van der Waals surface area (Å²) < 4.78 is 18.2. The van der Waals surface area contributed by atoms with Gasteiger partial charge in [-0.15, -0.1) is 0 Å². The number of nitrogens with zero attached hydrogens (tertiary/aromatic N) is 1. The summed E-state index contributed by atoms with van der Waals surface area (Å²) in [5.41, 5.74) is 1.51. The lowest BCUT2D eigenvalue weighted by molar-refractivity contribution is -0.145. The van der Waals surface area contributed by atoms with E-state index in [2.05, 4.69) is 5.32 Å². The van der Waals surface area contributed by atoms with Crippen LogP contribution in [0.4, 0.5) is 10.1 Å². The number of aliphatic carboxylic acids is 1. The van der Waals surface area contributed by atoms with Crippen LogP contribution in [0.5, 0.6) is 5.75 Å². The Morgan fingerprint density at radius 1 is 1.11 bits per heavy atom. The Hall–Kier alpha value is -2.93. The van der Waals surface area contributed by atoms with Crippen LogP contribution in [0.2, 0.25) is 0 Å². The molecule has 2 aromatic carbocycles. The second-order valence-corrected chi connectivity index (χ2v) is 7.01. The molecule has 0 aliphatic carbocycles. The zero-order chi connectivity index (χ0) is 20.1. The molecule has 1 aliphatic rings. The van der Waals surface area contributed by atoms with E-state index in [0.717, 1.165) is 11.3 Å². The number of hydrogen-bond donors (Lipinski definition) is 2. The third-order valence-corrected chi connectivity index (χ3v) is 4.92. The molecule has 1 fully saturated rings. The Morgan fingerprint density at radius 3 is 2.36 bits per heavy atom. The van der Waals surface area contributed by atoms with Gasteiger partial charge in [-0.05, 0) is 48.4 Å². The van der Waals surface area contributed by atoms with Gasteiger partial charge in [-0.1, -0.05) is 12.1 Å². The Labute approximate surface area is 162 Å². The normalized spacial score (nSPS) is 19.8. The van der Waals surface area contributed by atoms with Gasteiger partial charge < -0.3 is 15.2 Å². The van der Waals surface area contributed by atoms with Gasteiger partial charge in [-0.25, -0.2) is 4.39 Å². The summed E-state index contributed by atoms with van der Waals surface area (Å²) in [5.74, 6) is -1.86. The van der Waals surface area contributed by atoms with Gasteiger partial charge in [0.15, 0.2) is 0 Å². The highest BCUT2D eigenvalue weighted by atomic mass is 19.1. The lowest BCUT2D eigenvalue weighted by Gasteiger charge is -2.35. The Kier molecular flexibility index (Phi) is 6.26. The first-order valence-corrected chi connectivity index (χ1v) is 9.09. The molecule has 0 bridgehead atoms. The fraction of sp³-hybridized carbons (Fsp3) is 0.333. The number of rotatable bonds is 6. The maximum Gasteiger partial charge on any atom is 0.307 e. The van der Waals surface area contributed by atoms with E-state index < -0.39 is 17.8 Å². The Morgan fingerprint density at radius 2 is 1.75 bits per heavy atom. The first-order chi connectivity index (χ1) is 13.4. The largest absolute Gasteiger partial charge is 0.497 e. The van der Waals surface area contributed by atoms with Crippen molar-refractivity contribution in [2.24, 2.45) is 11.8 Å². The maximum atomic E-state index is 13.0. The third-order valence-electron chi connectivity index (χ3n) is 4.92. The smallest absolute Gasteiger partial charge is 0.307 e. The van der Waals surface area contributed by atoms with Gasteiger partial charge in [0.05, 0.1) is 18.9 Å². The maximum absolute atomic E-state index is 13.0. The Bertz CT molecular complexity index is 823. The molecule has 0 spiro atoms. The molecular formula is C21H23FN2O4. The lowest BCUT2D eigenvalue weighted by Crippen LogP contribution is -2.46. The second kappa shape index (κ2) is 8.84. The lowest BCUT2D eigenvalue weighted by atomic mass is 9.88. The zero-order valence-corrected chi connectivity index (χ0v) is 15.6. The number of nitrogens with one attached hydrogen (secondary N) is 1. The van der Waals surface area contributed by atoms with Crippen LogP contribution in [0, 0.1) is 17.7 Å². The van der Waals surface area contributed by atoms with Crippen LogP contribution in [-0.4, -0.2) is 42.1 Å². The van der Waals surface area contributed by atoms with Crippen LogP contribution in [0.25, 0.3) is 0 Å². The predicted octanol–water partition coefficient (Wildman–Crippen LogP) is 3.00. The van der Waals surface area contributed by atoms with Crippen LogP contribution >= 0.6 is 0 Å². The van der Waals surface area contributed by atoms with E-state index in [-0.39, 0.29) is 18.1 Å². The first-order valence-electron chi connectivity index (χ1n) is 9.09. The molecule has 0 aromatic heterocycles. The molecule has 1 saturated heterocycles. The number of carbonyl (C=O) groups excluding carboxylic acids is 1. The van der Waals surface area contributed by atoms with Crippen molar-refractivity contribution < 1.29 is 23.8 Å². The SMILES string of the molecule is COc1ccc(CN2C[C@@H](C(=O)O)C[C@H](C(=O)Nc3ccc(F)cc3)C2)cc1. The minimum Gasteiger partial charge on any atom is -0.497 e. The van der Waals surface area contributed by atoms with Crippen LogP contribution in [0.3, 0.4) is 0 Å². The number of methoxy groups -OCH3 is 1. The number of carboxylic acid groups (broad SMARTS) is 1. The molecule has 3 rings (SSSR count). The number of ether oxygens (including phenoxy) is 1. The summed E-state index contributed by atoms with van der Waals surface area (Å²) in [4.78, 5) is 26.2. The van der Waals surface area contributed by atoms with Crippen LogP contribution < -0.4 is 10.1 Å². The van der Waals surface area contributed by atoms with Gasteiger partial charge in [0.2, 0.25) is 5.91 Å². The zero-order valence-electron chi connectivity index (χ0n) is 15.6. The molecular weight excluding hydrogens is 363 g/mol. The summed E-state index contributed by atoms with van der Waals surface area (Å²) in [6.07, 6.45) is 0.279. The van der Waals surface area contributed by atoms with Gasteiger partial charge in [0.25, 0.3) is 0 Å². The van der Waals surface area contributed by atoms with E-state index in [4.69, 9.17) is 4.74 Å². The second-order valence-electron chi connectivity index (χ2n) is 7.01. The molecule has 28 heavy (non-hydrogen) atoms. The Balaban J connectivity index is 1.68. The quantitative estimate of drug-likeness (QED) is 0.798. The van der Waals surface area contributed by atoms with Crippen LogP contribution in [0.15, 0.2) is 48.5 Å². The van der Waals surface area contributed by atoms with Crippen LogP contribution in [0.1, 0.15) is 12.0 Å². The van der Waals surface area contributed by atoms with Gasteiger partial charge >= 0.3 is 5.97 Å². The molecule has 148 valence electrons. The van der Waals surface area contributed by atoms with Crippen molar-refractivity contribution in [3.8, 4) is 5.75 Å². The van der Waals surface area contributed by atoms with E-state index in [1.165, 1.54) is 24.3 Å². The molecule has 1 aliphatic heterocycles. The predicted molar refractivity (Wildman–Crippen MR) is 103 cm³/mol.